The van der Waals surface area contributed by atoms with E-state index in [2.05, 4.69) is 60.1 Å². The fraction of sp³-hybridized carbons (Fsp3) is 0.444. The fourth-order valence-corrected chi connectivity index (χ4v) is 2.79. The summed E-state index contributed by atoms with van der Waals surface area (Å²) in [5, 5.41) is 1.34. The van der Waals surface area contributed by atoms with Crippen LogP contribution >= 0.6 is 0 Å². The van der Waals surface area contributed by atoms with Gasteiger partial charge in [0.05, 0.1) is 12.1 Å². The van der Waals surface area contributed by atoms with E-state index < -0.39 is 0 Å². The number of benzene rings is 1. The number of fused-ring (bicyclic) bond motifs is 1. The zero-order chi connectivity index (χ0) is 14.9. The summed E-state index contributed by atoms with van der Waals surface area (Å²) in [5.74, 6) is 0. The van der Waals surface area contributed by atoms with E-state index in [1.807, 2.05) is 6.08 Å². The van der Waals surface area contributed by atoms with Crippen molar-refractivity contribution in [1.29, 1.82) is 0 Å². The molecule has 0 saturated heterocycles. The van der Waals surface area contributed by atoms with E-state index in [1.54, 1.807) is 7.11 Å². The molecule has 0 unspecified atom stereocenters. The first-order chi connectivity index (χ1) is 10.1. The average molecular weight is 284 g/mol. The quantitative estimate of drug-likeness (QED) is 0.804. The highest BCUT2D eigenvalue weighted by molar-refractivity contribution is 5.85. The normalized spacial score (nSPS) is 17.1. The highest BCUT2D eigenvalue weighted by Crippen LogP contribution is 2.41. The van der Waals surface area contributed by atoms with Gasteiger partial charge in [0.1, 0.15) is 0 Å². The lowest BCUT2D eigenvalue weighted by molar-refractivity contribution is 0.231. The van der Waals surface area contributed by atoms with Crippen LogP contribution in [0.1, 0.15) is 25.3 Å². The molecule has 0 aliphatic heterocycles. The summed E-state index contributed by atoms with van der Waals surface area (Å²) in [6.45, 7) is 3.99. The monoisotopic (exact) mass is 284 g/mol. The molecule has 0 spiro atoms. The summed E-state index contributed by atoms with van der Waals surface area (Å²) in [6.07, 6.45) is 9.02. The Bertz CT molecular complexity index is 652. The van der Waals surface area contributed by atoms with E-state index in [4.69, 9.17) is 4.74 Å². The molecule has 0 amide bonds. The first-order valence-corrected chi connectivity index (χ1v) is 7.59. The van der Waals surface area contributed by atoms with Crippen LogP contribution in [0.5, 0.6) is 0 Å². The van der Waals surface area contributed by atoms with Crippen molar-refractivity contribution in [2.24, 2.45) is 0 Å². The van der Waals surface area contributed by atoms with Gasteiger partial charge < -0.3 is 9.30 Å². The van der Waals surface area contributed by atoms with E-state index in [1.165, 1.54) is 29.3 Å². The van der Waals surface area contributed by atoms with Gasteiger partial charge in [0.2, 0.25) is 0 Å². The Morgan fingerprint density at radius 1 is 1.33 bits per heavy atom. The largest absolute Gasteiger partial charge is 0.381 e. The van der Waals surface area contributed by atoms with Gasteiger partial charge in [-0.25, -0.2) is 0 Å². The number of hydrogen-bond acceptors (Lipinski definition) is 2. The van der Waals surface area contributed by atoms with Crippen LogP contribution in [0.25, 0.3) is 17.1 Å². The van der Waals surface area contributed by atoms with Crippen LogP contribution in [-0.4, -0.2) is 35.8 Å². The molecule has 0 atom stereocenters. The minimum atomic E-state index is 0.412. The number of aromatic nitrogens is 1. The van der Waals surface area contributed by atoms with Gasteiger partial charge in [-0.3, -0.25) is 4.90 Å². The molecule has 1 fully saturated rings. The van der Waals surface area contributed by atoms with Crippen molar-refractivity contribution in [2.75, 3.05) is 20.8 Å². The van der Waals surface area contributed by atoms with Crippen LogP contribution in [0.3, 0.4) is 0 Å². The third kappa shape index (κ3) is 2.89. The molecule has 1 aliphatic rings. The summed E-state index contributed by atoms with van der Waals surface area (Å²) >= 11 is 0. The zero-order valence-electron chi connectivity index (χ0n) is 13.2. The van der Waals surface area contributed by atoms with Gasteiger partial charge in [-0.15, -0.1) is 0 Å². The van der Waals surface area contributed by atoms with Gasteiger partial charge in [-0.1, -0.05) is 18.2 Å². The molecule has 0 bridgehead atoms. The van der Waals surface area contributed by atoms with Crippen molar-refractivity contribution in [3.63, 3.8) is 0 Å². The van der Waals surface area contributed by atoms with Gasteiger partial charge in [-0.05, 0) is 44.5 Å². The Balaban J connectivity index is 1.91. The van der Waals surface area contributed by atoms with E-state index in [0.717, 1.165) is 6.54 Å². The molecule has 0 N–H and O–H groups in total. The summed E-state index contributed by atoms with van der Waals surface area (Å²) < 4.78 is 7.29. The van der Waals surface area contributed by atoms with E-state index >= 15 is 0 Å². The first kappa shape index (κ1) is 14.4. The summed E-state index contributed by atoms with van der Waals surface area (Å²) in [4.78, 5) is 2.48. The van der Waals surface area contributed by atoms with Crippen molar-refractivity contribution in [3.05, 3.63) is 42.1 Å². The van der Waals surface area contributed by atoms with Gasteiger partial charge in [0.15, 0.2) is 0 Å². The molecule has 3 rings (SSSR count). The van der Waals surface area contributed by atoms with Crippen molar-refractivity contribution in [1.82, 2.24) is 9.47 Å². The lowest BCUT2D eigenvalue weighted by atomic mass is 10.1. The molecule has 3 heteroatoms. The predicted molar refractivity (Wildman–Crippen MR) is 88.3 cm³/mol. The van der Waals surface area contributed by atoms with Crippen LogP contribution in [0.4, 0.5) is 0 Å². The molecule has 1 aromatic heterocycles. The second kappa shape index (κ2) is 5.66. The van der Waals surface area contributed by atoms with Crippen LogP contribution in [0, 0.1) is 0 Å². The molecular weight excluding hydrogens is 260 g/mol. The third-order valence-corrected chi connectivity index (χ3v) is 4.65. The Morgan fingerprint density at radius 3 is 2.81 bits per heavy atom. The molecule has 1 aromatic carbocycles. The number of para-hydroxylation sites is 1. The smallest absolute Gasteiger partial charge is 0.0660 e. The van der Waals surface area contributed by atoms with E-state index in [-0.39, 0.29) is 0 Å². The van der Waals surface area contributed by atoms with Gasteiger partial charge in [-0.2, -0.15) is 0 Å². The van der Waals surface area contributed by atoms with Crippen molar-refractivity contribution >= 4 is 17.1 Å². The maximum Gasteiger partial charge on any atom is 0.0660 e. The second-order valence-corrected chi connectivity index (χ2v) is 6.27. The predicted octanol–water partition coefficient (Wildman–Crippen LogP) is 3.74. The molecule has 1 saturated carbocycles. The number of rotatable bonds is 6. The lowest BCUT2D eigenvalue weighted by Gasteiger charge is -2.23. The van der Waals surface area contributed by atoms with E-state index in [9.17, 15) is 0 Å². The minimum Gasteiger partial charge on any atom is -0.381 e. The maximum atomic E-state index is 5.09. The average Bonchev–Trinajstić information content (AvgIpc) is 3.15. The molecule has 21 heavy (non-hydrogen) atoms. The van der Waals surface area contributed by atoms with Crippen molar-refractivity contribution in [3.8, 4) is 0 Å². The fourth-order valence-electron chi connectivity index (χ4n) is 2.79. The number of methoxy groups -OCH3 is 1. The van der Waals surface area contributed by atoms with Gasteiger partial charge >= 0.3 is 0 Å². The Morgan fingerprint density at radius 2 is 2.10 bits per heavy atom. The Hall–Kier alpha value is -1.58. The summed E-state index contributed by atoms with van der Waals surface area (Å²) in [5.41, 5.74) is 3.06. The van der Waals surface area contributed by atoms with Crippen LogP contribution in [-0.2, 0) is 11.3 Å². The minimum absolute atomic E-state index is 0.412. The standard InChI is InChI=1S/C18H24N2O/c1-18(9-10-18)19(2)13-15-14-20(11-6-12-21-3)17-8-5-4-7-16(15)17/h4-8,11,14H,9-10,12-13H2,1-3H3/b11-6+. The SMILES string of the molecule is COC/C=C/n1cc(CN(C)C2(C)CC2)c2ccccc21. The number of ether oxygens (including phenoxy) is 1. The number of nitrogens with zero attached hydrogens (tertiary/aromatic N) is 2. The molecular formula is C18H24N2O. The summed E-state index contributed by atoms with van der Waals surface area (Å²) in [7, 11) is 3.95. The molecule has 3 nitrogen and oxygen atoms in total. The third-order valence-electron chi connectivity index (χ3n) is 4.65. The van der Waals surface area contributed by atoms with Crippen LogP contribution in [0.15, 0.2) is 36.5 Å². The number of hydrogen-bond donors (Lipinski definition) is 0. The molecule has 0 radical (unpaired) electrons. The zero-order valence-corrected chi connectivity index (χ0v) is 13.2. The van der Waals surface area contributed by atoms with Crippen molar-refractivity contribution in [2.45, 2.75) is 31.8 Å². The van der Waals surface area contributed by atoms with Gasteiger partial charge in [0, 0.05) is 37.0 Å². The maximum absolute atomic E-state index is 5.09. The van der Waals surface area contributed by atoms with Crippen molar-refractivity contribution < 1.29 is 4.74 Å². The molecule has 1 heterocycles. The second-order valence-electron chi connectivity index (χ2n) is 6.27. The van der Waals surface area contributed by atoms with E-state index in [0.29, 0.717) is 12.1 Å². The molecule has 1 aliphatic carbocycles. The molecule has 2 aromatic rings. The topological polar surface area (TPSA) is 17.4 Å². The lowest BCUT2D eigenvalue weighted by Crippen LogP contribution is -2.30. The molecule has 112 valence electrons. The van der Waals surface area contributed by atoms with Gasteiger partial charge in [0.25, 0.3) is 0 Å². The Labute approximate surface area is 126 Å². The highest BCUT2D eigenvalue weighted by atomic mass is 16.5. The van der Waals surface area contributed by atoms with Crippen LogP contribution < -0.4 is 0 Å². The summed E-state index contributed by atoms with van der Waals surface area (Å²) in [6, 6.07) is 8.61. The first-order valence-electron chi connectivity index (χ1n) is 7.59. The Kier molecular flexibility index (Phi) is 3.87. The van der Waals surface area contributed by atoms with Crippen LogP contribution in [0.2, 0.25) is 0 Å². The highest BCUT2D eigenvalue weighted by Gasteiger charge is 2.41.